The van der Waals surface area contributed by atoms with Gasteiger partial charge in [0.05, 0.1) is 23.2 Å². The maximum Gasteiger partial charge on any atom is 0.228 e. The van der Waals surface area contributed by atoms with E-state index in [1.54, 1.807) is 11.3 Å². The summed E-state index contributed by atoms with van der Waals surface area (Å²) in [6.07, 6.45) is 7.44. The van der Waals surface area contributed by atoms with Gasteiger partial charge in [-0.1, -0.05) is 20.8 Å². The normalized spacial score (nSPS) is 18.3. The van der Waals surface area contributed by atoms with E-state index in [9.17, 15) is 4.79 Å². The van der Waals surface area contributed by atoms with Crippen molar-refractivity contribution in [3.05, 3.63) is 34.3 Å². The molecule has 3 heterocycles. The number of carbonyl (C=O) groups excluding carboxylic acids is 1. The monoisotopic (exact) mass is 346 g/mol. The molecule has 1 aliphatic rings. The molecule has 2 aromatic heterocycles. The summed E-state index contributed by atoms with van der Waals surface area (Å²) in [5, 5.41) is 3.12. The third kappa shape index (κ3) is 3.69. The van der Waals surface area contributed by atoms with E-state index in [4.69, 9.17) is 0 Å². The first kappa shape index (κ1) is 17.1. The zero-order valence-electron chi connectivity index (χ0n) is 14.7. The predicted molar refractivity (Wildman–Crippen MR) is 96.4 cm³/mol. The second kappa shape index (κ2) is 7.47. The smallest absolute Gasteiger partial charge is 0.228 e. The lowest BCUT2D eigenvalue weighted by molar-refractivity contribution is -0.132. The van der Waals surface area contributed by atoms with E-state index in [0.29, 0.717) is 18.4 Å². The van der Waals surface area contributed by atoms with Gasteiger partial charge in [0.25, 0.3) is 0 Å². The van der Waals surface area contributed by atoms with Gasteiger partial charge in [0.1, 0.15) is 5.82 Å². The van der Waals surface area contributed by atoms with E-state index in [1.807, 2.05) is 16.5 Å². The van der Waals surface area contributed by atoms with E-state index >= 15 is 0 Å². The number of likely N-dealkylation sites (tertiary alicyclic amines) is 1. The molecule has 3 rings (SSSR count). The molecule has 1 amide bonds. The van der Waals surface area contributed by atoms with Crippen LogP contribution in [0.3, 0.4) is 0 Å². The highest BCUT2D eigenvalue weighted by atomic mass is 32.1. The minimum absolute atomic E-state index is 0.193. The molecule has 0 N–H and O–H groups in total. The first-order valence-corrected chi connectivity index (χ1v) is 9.70. The van der Waals surface area contributed by atoms with E-state index in [0.717, 1.165) is 48.9 Å². The fraction of sp³-hybridized carbons (Fsp3) is 0.611. The molecule has 1 aliphatic heterocycles. The molecule has 1 saturated heterocycles. The number of imidazole rings is 1. The highest BCUT2D eigenvalue weighted by molar-refractivity contribution is 7.09. The van der Waals surface area contributed by atoms with Gasteiger partial charge in [-0.2, -0.15) is 0 Å². The zero-order chi connectivity index (χ0) is 17.1. The van der Waals surface area contributed by atoms with E-state index < -0.39 is 0 Å². The van der Waals surface area contributed by atoms with Crippen LogP contribution in [0.25, 0.3) is 0 Å². The summed E-state index contributed by atoms with van der Waals surface area (Å²) in [6.45, 7) is 8.05. The van der Waals surface area contributed by atoms with Gasteiger partial charge in [-0.25, -0.2) is 9.97 Å². The first-order valence-electron chi connectivity index (χ1n) is 8.82. The van der Waals surface area contributed by atoms with Gasteiger partial charge in [0.2, 0.25) is 5.91 Å². The molecule has 130 valence electrons. The minimum Gasteiger partial charge on any atom is -0.340 e. The van der Waals surface area contributed by atoms with Crippen LogP contribution in [0.5, 0.6) is 0 Å². The van der Waals surface area contributed by atoms with Crippen molar-refractivity contribution in [1.82, 2.24) is 19.4 Å². The number of thiazole rings is 1. The zero-order valence-corrected chi connectivity index (χ0v) is 15.6. The molecule has 0 saturated carbocycles. The van der Waals surface area contributed by atoms with Crippen LogP contribution in [0.1, 0.15) is 62.1 Å². The molecule has 1 fully saturated rings. The number of amides is 1. The Morgan fingerprint density at radius 3 is 3.00 bits per heavy atom. The van der Waals surface area contributed by atoms with Crippen LogP contribution in [0.2, 0.25) is 0 Å². The van der Waals surface area contributed by atoms with E-state index in [1.165, 1.54) is 0 Å². The second-order valence-electron chi connectivity index (χ2n) is 6.75. The molecule has 1 atom stereocenters. The number of carbonyl (C=O) groups is 1. The lowest BCUT2D eigenvalue weighted by atomic mass is 10.0. The molecule has 0 unspecified atom stereocenters. The molecule has 2 aromatic rings. The average molecular weight is 347 g/mol. The number of hydrogen-bond donors (Lipinski definition) is 0. The van der Waals surface area contributed by atoms with Crippen molar-refractivity contribution in [2.24, 2.45) is 0 Å². The molecule has 0 aliphatic carbocycles. The van der Waals surface area contributed by atoms with Crippen molar-refractivity contribution < 1.29 is 4.79 Å². The summed E-state index contributed by atoms with van der Waals surface area (Å²) < 4.78 is 2.27. The van der Waals surface area contributed by atoms with Crippen molar-refractivity contribution >= 4 is 17.2 Å². The van der Waals surface area contributed by atoms with E-state index in [-0.39, 0.29) is 5.91 Å². The third-order valence-electron chi connectivity index (χ3n) is 4.59. The molecular weight excluding hydrogens is 320 g/mol. The van der Waals surface area contributed by atoms with Gasteiger partial charge in [-0.15, -0.1) is 11.3 Å². The summed E-state index contributed by atoms with van der Waals surface area (Å²) in [5.74, 6) is 1.70. The van der Waals surface area contributed by atoms with Crippen molar-refractivity contribution in [2.45, 2.75) is 58.4 Å². The van der Waals surface area contributed by atoms with Crippen molar-refractivity contribution in [1.29, 1.82) is 0 Å². The maximum atomic E-state index is 12.7. The number of nitrogens with zero attached hydrogens (tertiary/aromatic N) is 4. The van der Waals surface area contributed by atoms with Gasteiger partial charge in [-0.05, 0) is 19.3 Å². The van der Waals surface area contributed by atoms with Gasteiger partial charge < -0.3 is 9.47 Å². The van der Waals surface area contributed by atoms with Crippen LogP contribution in [-0.4, -0.2) is 38.4 Å². The lowest BCUT2D eigenvalue weighted by Gasteiger charge is -2.34. The molecule has 0 aromatic carbocycles. The summed E-state index contributed by atoms with van der Waals surface area (Å²) in [5.41, 5.74) is 0.912. The third-order valence-corrected chi connectivity index (χ3v) is 5.63. The number of aromatic nitrogens is 3. The van der Waals surface area contributed by atoms with Crippen molar-refractivity contribution in [3.8, 4) is 0 Å². The standard InChI is InChI=1S/C18H26N4OS/c1-4-16-20-14(12-24-16)10-17(23)21-8-5-6-15(11-21)22-9-7-19-18(22)13(2)3/h7,9,12-13,15H,4-6,8,10-11H2,1-3H3/t15-/m1/s1. The van der Waals surface area contributed by atoms with Gasteiger partial charge in [-0.3, -0.25) is 4.79 Å². The molecular formula is C18H26N4OS. The molecule has 24 heavy (non-hydrogen) atoms. The maximum absolute atomic E-state index is 12.7. The topological polar surface area (TPSA) is 51.0 Å². The highest BCUT2D eigenvalue weighted by Crippen LogP contribution is 2.26. The van der Waals surface area contributed by atoms with Crippen LogP contribution < -0.4 is 0 Å². The molecule has 6 heteroatoms. The SMILES string of the molecule is CCc1nc(CC(=O)N2CCC[C@@H](n3ccnc3C(C)C)C2)cs1. The number of aryl methyl sites for hydroxylation is 1. The Morgan fingerprint density at radius 1 is 1.46 bits per heavy atom. The number of piperidine rings is 1. The Balaban J connectivity index is 1.66. The van der Waals surface area contributed by atoms with Gasteiger partial charge >= 0.3 is 0 Å². The van der Waals surface area contributed by atoms with Gasteiger partial charge in [0.15, 0.2) is 0 Å². The Hall–Kier alpha value is -1.69. The first-order chi connectivity index (χ1) is 11.6. The van der Waals surface area contributed by atoms with Gasteiger partial charge in [0, 0.05) is 36.8 Å². The quantitative estimate of drug-likeness (QED) is 0.833. The van der Waals surface area contributed by atoms with E-state index in [2.05, 4.69) is 41.5 Å². The summed E-state index contributed by atoms with van der Waals surface area (Å²) in [7, 11) is 0. The Bertz CT molecular complexity index is 691. The minimum atomic E-state index is 0.193. The van der Waals surface area contributed by atoms with Crippen LogP contribution >= 0.6 is 11.3 Å². The summed E-state index contributed by atoms with van der Waals surface area (Å²) >= 11 is 1.65. The highest BCUT2D eigenvalue weighted by Gasteiger charge is 2.26. The predicted octanol–water partition coefficient (Wildman–Crippen LogP) is 3.43. The molecule has 5 nitrogen and oxygen atoms in total. The van der Waals surface area contributed by atoms with Crippen LogP contribution in [0, 0.1) is 0 Å². The fourth-order valence-corrected chi connectivity index (χ4v) is 4.09. The molecule has 0 spiro atoms. The molecule has 0 radical (unpaired) electrons. The van der Waals surface area contributed by atoms with Crippen LogP contribution in [-0.2, 0) is 17.6 Å². The molecule has 0 bridgehead atoms. The summed E-state index contributed by atoms with van der Waals surface area (Å²) in [6, 6.07) is 0.337. The Morgan fingerprint density at radius 2 is 2.29 bits per heavy atom. The average Bonchev–Trinajstić information content (AvgIpc) is 3.24. The van der Waals surface area contributed by atoms with Crippen molar-refractivity contribution in [3.63, 3.8) is 0 Å². The van der Waals surface area contributed by atoms with Crippen LogP contribution in [0.4, 0.5) is 0 Å². The Kier molecular flexibility index (Phi) is 5.33. The lowest BCUT2D eigenvalue weighted by Crippen LogP contribution is -2.41. The summed E-state index contributed by atoms with van der Waals surface area (Å²) in [4.78, 5) is 23.7. The second-order valence-corrected chi connectivity index (χ2v) is 7.69. The van der Waals surface area contributed by atoms with Crippen LogP contribution in [0.15, 0.2) is 17.8 Å². The number of rotatable bonds is 5. The fourth-order valence-electron chi connectivity index (χ4n) is 3.35. The van der Waals surface area contributed by atoms with Crippen molar-refractivity contribution in [2.75, 3.05) is 13.1 Å². The largest absolute Gasteiger partial charge is 0.340 e. The number of hydrogen-bond acceptors (Lipinski definition) is 4. The Labute approximate surface area is 147 Å².